The van der Waals surface area contributed by atoms with Gasteiger partial charge in [-0.3, -0.25) is 0 Å². The van der Waals surface area contributed by atoms with E-state index in [1.165, 1.54) is 45.3 Å². The van der Waals surface area contributed by atoms with Crippen LogP contribution in [0.3, 0.4) is 0 Å². The van der Waals surface area contributed by atoms with Crippen LogP contribution in [0.1, 0.15) is 53.4 Å². The fourth-order valence-electron chi connectivity index (χ4n) is 1.99. The first-order valence-corrected chi connectivity index (χ1v) is 6.00. The third-order valence-corrected chi connectivity index (χ3v) is 2.80. The Labute approximate surface area is 84.5 Å². The lowest BCUT2D eigenvalue weighted by Gasteiger charge is -2.24. The van der Waals surface area contributed by atoms with Crippen molar-refractivity contribution in [3.8, 4) is 0 Å². The maximum absolute atomic E-state index is 2.55. The van der Waals surface area contributed by atoms with Crippen molar-refractivity contribution in [2.75, 3.05) is 19.6 Å². The molecule has 13 heavy (non-hydrogen) atoms. The van der Waals surface area contributed by atoms with Crippen LogP contribution in [-0.4, -0.2) is 24.5 Å². The minimum atomic E-state index is 0.940. The van der Waals surface area contributed by atoms with Crippen LogP contribution >= 0.6 is 0 Å². The maximum atomic E-state index is 2.55. The fraction of sp³-hybridized carbons (Fsp3) is 1.00. The second-order valence-electron chi connectivity index (χ2n) is 3.93. The van der Waals surface area contributed by atoms with E-state index >= 15 is 0 Å². The molecule has 0 unspecified atom stereocenters. The molecular weight excluding hydrogens is 158 g/mol. The van der Waals surface area contributed by atoms with Crippen LogP contribution in [0.25, 0.3) is 0 Å². The third-order valence-electron chi connectivity index (χ3n) is 2.80. The number of rotatable bonds is 8. The predicted molar refractivity (Wildman–Crippen MR) is 61.1 cm³/mol. The zero-order chi connectivity index (χ0) is 10.1. The van der Waals surface area contributed by atoms with Crippen LogP contribution in [0, 0.1) is 5.92 Å². The highest BCUT2D eigenvalue weighted by Gasteiger charge is 2.09. The van der Waals surface area contributed by atoms with E-state index in [1.807, 2.05) is 0 Å². The van der Waals surface area contributed by atoms with Gasteiger partial charge in [0.15, 0.2) is 0 Å². The van der Waals surface area contributed by atoms with E-state index in [4.69, 9.17) is 0 Å². The molecule has 0 bridgehead atoms. The van der Waals surface area contributed by atoms with E-state index in [-0.39, 0.29) is 0 Å². The zero-order valence-corrected chi connectivity index (χ0v) is 9.97. The number of hydrogen-bond donors (Lipinski definition) is 0. The molecule has 0 aliphatic carbocycles. The van der Waals surface area contributed by atoms with Gasteiger partial charge in [-0.1, -0.05) is 40.5 Å². The van der Waals surface area contributed by atoms with Gasteiger partial charge >= 0.3 is 0 Å². The summed E-state index contributed by atoms with van der Waals surface area (Å²) in [5.74, 6) is 0.940. The van der Waals surface area contributed by atoms with Crippen LogP contribution < -0.4 is 0 Å². The average Bonchev–Trinajstić information content (AvgIpc) is 2.14. The van der Waals surface area contributed by atoms with E-state index in [9.17, 15) is 0 Å². The first kappa shape index (κ1) is 13.0. The molecule has 0 aliphatic rings. The Morgan fingerprint density at radius 1 is 0.846 bits per heavy atom. The lowest BCUT2D eigenvalue weighted by Crippen LogP contribution is -2.29. The van der Waals surface area contributed by atoms with Crippen molar-refractivity contribution in [2.24, 2.45) is 5.92 Å². The SMILES string of the molecule is CCCC(CCC)CN(CC)CC. The minimum absolute atomic E-state index is 0.940. The molecule has 0 rings (SSSR count). The topological polar surface area (TPSA) is 3.24 Å². The van der Waals surface area contributed by atoms with Gasteiger partial charge in [-0.05, 0) is 31.8 Å². The summed E-state index contributed by atoms with van der Waals surface area (Å²) in [4.78, 5) is 2.55. The maximum Gasteiger partial charge on any atom is 0.000942 e. The van der Waals surface area contributed by atoms with Gasteiger partial charge in [-0.15, -0.1) is 0 Å². The van der Waals surface area contributed by atoms with E-state index in [0.29, 0.717) is 0 Å². The van der Waals surface area contributed by atoms with E-state index < -0.39 is 0 Å². The standard InChI is InChI=1S/C12H27N/c1-5-9-12(10-6-2)11-13(7-3)8-4/h12H,5-11H2,1-4H3. The molecule has 0 saturated carbocycles. The van der Waals surface area contributed by atoms with Crippen molar-refractivity contribution in [1.82, 2.24) is 4.90 Å². The molecule has 0 aromatic rings. The van der Waals surface area contributed by atoms with Gasteiger partial charge in [-0.2, -0.15) is 0 Å². The Hall–Kier alpha value is -0.0400. The Morgan fingerprint density at radius 3 is 1.62 bits per heavy atom. The summed E-state index contributed by atoms with van der Waals surface area (Å²) in [6, 6.07) is 0. The Morgan fingerprint density at radius 2 is 1.31 bits per heavy atom. The third kappa shape index (κ3) is 6.09. The molecule has 0 amide bonds. The summed E-state index contributed by atoms with van der Waals surface area (Å²) in [7, 11) is 0. The van der Waals surface area contributed by atoms with Crippen LogP contribution in [0.2, 0.25) is 0 Å². The van der Waals surface area contributed by atoms with E-state index in [0.717, 1.165) is 5.92 Å². The quantitative estimate of drug-likeness (QED) is 0.559. The smallest absolute Gasteiger partial charge is 0.000942 e. The van der Waals surface area contributed by atoms with Gasteiger partial charge in [0.2, 0.25) is 0 Å². The largest absolute Gasteiger partial charge is 0.304 e. The molecule has 0 radical (unpaired) electrons. The highest BCUT2D eigenvalue weighted by molar-refractivity contribution is 4.63. The summed E-state index contributed by atoms with van der Waals surface area (Å²) in [6.45, 7) is 12.8. The molecule has 0 saturated heterocycles. The van der Waals surface area contributed by atoms with Gasteiger partial charge in [-0.25, -0.2) is 0 Å². The second kappa shape index (κ2) is 8.55. The summed E-state index contributed by atoms with van der Waals surface area (Å²) in [6.07, 6.45) is 5.49. The molecule has 80 valence electrons. The molecule has 0 spiro atoms. The first-order chi connectivity index (χ1) is 6.28. The van der Waals surface area contributed by atoms with Crippen molar-refractivity contribution >= 4 is 0 Å². The van der Waals surface area contributed by atoms with E-state index in [2.05, 4.69) is 32.6 Å². The summed E-state index contributed by atoms with van der Waals surface area (Å²) in [5, 5.41) is 0. The molecule has 0 aliphatic heterocycles. The lowest BCUT2D eigenvalue weighted by molar-refractivity contribution is 0.235. The molecule has 0 fully saturated rings. The highest BCUT2D eigenvalue weighted by atomic mass is 15.1. The summed E-state index contributed by atoms with van der Waals surface area (Å²) < 4.78 is 0. The van der Waals surface area contributed by atoms with Crippen molar-refractivity contribution < 1.29 is 0 Å². The van der Waals surface area contributed by atoms with Crippen LogP contribution in [0.4, 0.5) is 0 Å². The number of hydrogen-bond acceptors (Lipinski definition) is 1. The Balaban J connectivity index is 3.76. The Kier molecular flexibility index (Phi) is 8.53. The minimum Gasteiger partial charge on any atom is -0.304 e. The molecule has 1 heteroatoms. The molecule has 1 nitrogen and oxygen atoms in total. The van der Waals surface area contributed by atoms with Gasteiger partial charge in [0.25, 0.3) is 0 Å². The molecule has 0 heterocycles. The monoisotopic (exact) mass is 185 g/mol. The number of nitrogens with zero attached hydrogens (tertiary/aromatic N) is 1. The van der Waals surface area contributed by atoms with Crippen molar-refractivity contribution in [1.29, 1.82) is 0 Å². The van der Waals surface area contributed by atoms with Crippen molar-refractivity contribution in [2.45, 2.75) is 53.4 Å². The zero-order valence-electron chi connectivity index (χ0n) is 9.97. The van der Waals surface area contributed by atoms with Crippen LogP contribution in [0.5, 0.6) is 0 Å². The van der Waals surface area contributed by atoms with E-state index in [1.54, 1.807) is 0 Å². The second-order valence-corrected chi connectivity index (χ2v) is 3.93. The van der Waals surface area contributed by atoms with Gasteiger partial charge in [0.1, 0.15) is 0 Å². The normalized spacial score (nSPS) is 11.5. The molecule has 0 N–H and O–H groups in total. The molecule has 0 aromatic carbocycles. The van der Waals surface area contributed by atoms with Crippen LogP contribution in [0.15, 0.2) is 0 Å². The van der Waals surface area contributed by atoms with Crippen molar-refractivity contribution in [3.63, 3.8) is 0 Å². The molecule has 0 aromatic heterocycles. The highest BCUT2D eigenvalue weighted by Crippen LogP contribution is 2.14. The van der Waals surface area contributed by atoms with Gasteiger partial charge < -0.3 is 4.90 Å². The van der Waals surface area contributed by atoms with Crippen LogP contribution in [-0.2, 0) is 0 Å². The average molecular weight is 185 g/mol. The van der Waals surface area contributed by atoms with Gasteiger partial charge in [0, 0.05) is 6.54 Å². The first-order valence-electron chi connectivity index (χ1n) is 6.00. The summed E-state index contributed by atoms with van der Waals surface area (Å²) in [5.41, 5.74) is 0. The molecular formula is C12H27N. The predicted octanol–water partition coefficient (Wildman–Crippen LogP) is 3.54. The lowest BCUT2D eigenvalue weighted by atomic mass is 9.98. The van der Waals surface area contributed by atoms with Crippen molar-refractivity contribution in [3.05, 3.63) is 0 Å². The Bertz CT molecular complexity index is 91.3. The fourth-order valence-corrected chi connectivity index (χ4v) is 1.99. The summed E-state index contributed by atoms with van der Waals surface area (Å²) >= 11 is 0. The van der Waals surface area contributed by atoms with Gasteiger partial charge in [0.05, 0.1) is 0 Å². The molecule has 0 atom stereocenters.